The lowest BCUT2D eigenvalue weighted by Gasteiger charge is -2.34. The second kappa shape index (κ2) is 13.1. The zero-order valence-electron chi connectivity index (χ0n) is 22.0. The standard InChI is InChI=1S/C30H39N5O2/c1-23(30(37)33-27-12-14-28(15-13-27)35-20-18-34(2)19-21-35)29(16-17-31-22-36)32-26-10-8-25(9-11-26)24-6-4-3-5-7-24/h3-7,12-17,22,25-26,32H,8-11,18-21H2,1-2H3,(H,31,36)(H,33,37)/b17-16-,29-23-. The molecule has 7 heteroatoms. The van der Waals surface area contributed by atoms with Crippen molar-refractivity contribution < 1.29 is 9.59 Å². The highest BCUT2D eigenvalue weighted by Gasteiger charge is 2.23. The molecule has 3 N–H and O–H groups in total. The first-order valence-corrected chi connectivity index (χ1v) is 13.3. The van der Waals surface area contributed by atoms with Gasteiger partial charge in [-0.25, -0.2) is 0 Å². The zero-order valence-corrected chi connectivity index (χ0v) is 22.0. The fourth-order valence-electron chi connectivity index (χ4n) is 5.14. The summed E-state index contributed by atoms with van der Waals surface area (Å²) in [5, 5.41) is 9.16. The molecule has 4 rings (SSSR count). The van der Waals surface area contributed by atoms with Crippen molar-refractivity contribution in [1.29, 1.82) is 0 Å². The summed E-state index contributed by atoms with van der Waals surface area (Å²) >= 11 is 0. The summed E-state index contributed by atoms with van der Waals surface area (Å²) < 4.78 is 0. The van der Waals surface area contributed by atoms with Crippen molar-refractivity contribution in [1.82, 2.24) is 15.5 Å². The van der Waals surface area contributed by atoms with Gasteiger partial charge in [0.2, 0.25) is 6.41 Å². The molecule has 37 heavy (non-hydrogen) atoms. The molecular weight excluding hydrogens is 462 g/mol. The normalized spacial score (nSPS) is 21.3. The lowest BCUT2D eigenvalue weighted by molar-refractivity contribution is -0.113. The number of nitrogens with one attached hydrogen (secondary N) is 3. The lowest BCUT2D eigenvalue weighted by atomic mass is 9.81. The van der Waals surface area contributed by atoms with Gasteiger partial charge in [-0.05, 0) is 81.5 Å². The summed E-state index contributed by atoms with van der Waals surface area (Å²) in [7, 11) is 2.15. The number of hydrogen-bond donors (Lipinski definition) is 3. The summed E-state index contributed by atoms with van der Waals surface area (Å²) in [4.78, 5) is 28.6. The maximum atomic E-state index is 13.1. The van der Waals surface area contributed by atoms with E-state index >= 15 is 0 Å². The van der Waals surface area contributed by atoms with Crippen LogP contribution in [0.15, 0.2) is 78.1 Å². The van der Waals surface area contributed by atoms with Gasteiger partial charge in [0, 0.05) is 61.1 Å². The number of rotatable bonds is 9. The van der Waals surface area contributed by atoms with Gasteiger partial charge < -0.3 is 25.8 Å². The quantitative estimate of drug-likeness (QED) is 0.272. The monoisotopic (exact) mass is 501 g/mol. The molecule has 1 aliphatic heterocycles. The molecule has 2 aromatic carbocycles. The highest BCUT2D eigenvalue weighted by molar-refractivity contribution is 6.04. The summed E-state index contributed by atoms with van der Waals surface area (Å²) in [6.07, 6.45) is 8.22. The molecule has 1 saturated carbocycles. The number of likely N-dealkylation sites (N-methyl/N-ethyl adjacent to an activating group) is 1. The molecule has 1 saturated heterocycles. The van der Waals surface area contributed by atoms with E-state index in [0.717, 1.165) is 63.2 Å². The molecule has 0 unspecified atom stereocenters. The van der Waals surface area contributed by atoms with Crippen molar-refractivity contribution in [2.45, 2.75) is 44.6 Å². The Kier molecular flexibility index (Phi) is 9.38. The summed E-state index contributed by atoms with van der Waals surface area (Å²) in [5.41, 5.74) is 4.65. The highest BCUT2D eigenvalue weighted by Crippen LogP contribution is 2.33. The minimum absolute atomic E-state index is 0.163. The third-order valence-corrected chi connectivity index (χ3v) is 7.51. The molecule has 1 heterocycles. The Labute approximate surface area is 220 Å². The van der Waals surface area contributed by atoms with Crippen molar-refractivity contribution in [3.63, 3.8) is 0 Å². The van der Waals surface area contributed by atoms with Crippen molar-refractivity contribution >= 4 is 23.7 Å². The fourth-order valence-corrected chi connectivity index (χ4v) is 5.14. The number of carbonyl (C=O) groups excluding carboxylic acids is 2. The predicted molar refractivity (Wildman–Crippen MR) is 150 cm³/mol. The number of piperazine rings is 1. The fraction of sp³-hybridized carbons (Fsp3) is 0.400. The summed E-state index contributed by atoms with van der Waals surface area (Å²) in [6, 6.07) is 19.0. The molecule has 2 fully saturated rings. The van der Waals surface area contributed by atoms with E-state index in [1.807, 2.05) is 19.1 Å². The van der Waals surface area contributed by atoms with Crippen LogP contribution in [0.3, 0.4) is 0 Å². The van der Waals surface area contributed by atoms with Gasteiger partial charge in [0.05, 0.1) is 0 Å². The smallest absolute Gasteiger partial charge is 0.253 e. The average molecular weight is 502 g/mol. The van der Waals surface area contributed by atoms with Crippen LogP contribution in [-0.2, 0) is 9.59 Å². The maximum Gasteiger partial charge on any atom is 0.253 e. The number of hydrogen-bond acceptors (Lipinski definition) is 5. The molecule has 0 aromatic heterocycles. The van der Waals surface area contributed by atoms with Crippen molar-refractivity contribution in [3.05, 3.63) is 83.7 Å². The maximum absolute atomic E-state index is 13.1. The van der Waals surface area contributed by atoms with Gasteiger partial charge in [0.1, 0.15) is 0 Å². The van der Waals surface area contributed by atoms with E-state index < -0.39 is 0 Å². The number of nitrogens with zero attached hydrogens (tertiary/aromatic N) is 2. The average Bonchev–Trinajstić information content (AvgIpc) is 2.94. The van der Waals surface area contributed by atoms with Gasteiger partial charge in [-0.3, -0.25) is 9.59 Å². The molecular formula is C30H39N5O2. The third-order valence-electron chi connectivity index (χ3n) is 7.51. The Morgan fingerprint density at radius 2 is 1.59 bits per heavy atom. The van der Waals surface area contributed by atoms with Crippen LogP contribution in [0.2, 0.25) is 0 Å². The predicted octanol–water partition coefficient (Wildman–Crippen LogP) is 4.23. The van der Waals surface area contributed by atoms with Gasteiger partial charge in [-0.2, -0.15) is 0 Å². The Morgan fingerprint density at radius 1 is 0.919 bits per heavy atom. The van der Waals surface area contributed by atoms with Gasteiger partial charge in [-0.1, -0.05) is 30.3 Å². The molecule has 0 radical (unpaired) electrons. The second-order valence-electron chi connectivity index (χ2n) is 10.1. The van der Waals surface area contributed by atoms with E-state index in [9.17, 15) is 9.59 Å². The molecule has 2 aliphatic rings. The molecule has 2 aromatic rings. The molecule has 0 bridgehead atoms. The van der Waals surface area contributed by atoms with Gasteiger partial charge >= 0.3 is 0 Å². The van der Waals surface area contributed by atoms with E-state index in [1.54, 1.807) is 12.3 Å². The first-order valence-electron chi connectivity index (χ1n) is 13.3. The van der Waals surface area contributed by atoms with E-state index in [1.165, 1.54) is 11.3 Å². The van der Waals surface area contributed by atoms with Crippen LogP contribution >= 0.6 is 0 Å². The number of anilines is 2. The summed E-state index contributed by atoms with van der Waals surface area (Å²) in [5.74, 6) is 0.417. The van der Waals surface area contributed by atoms with E-state index in [4.69, 9.17) is 0 Å². The lowest BCUT2D eigenvalue weighted by Crippen LogP contribution is -2.44. The van der Waals surface area contributed by atoms with Crippen molar-refractivity contribution in [2.75, 3.05) is 43.4 Å². The van der Waals surface area contributed by atoms with Crippen LogP contribution in [0.4, 0.5) is 11.4 Å². The van der Waals surface area contributed by atoms with Crippen LogP contribution in [0.1, 0.15) is 44.1 Å². The van der Waals surface area contributed by atoms with Gasteiger partial charge in [0.15, 0.2) is 0 Å². The molecule has 2 amide bonds. The number of allylic oxidation sites excluding steroid dienone is 1. The molecule has 0 atom stereocenters. The van der Waals surface area contributed by atoms with E-state index in [2.05, 4.69) is 75.3 Å². The van der Waals surface area contributed by atoms with Crippen molar-refractivity contribution in [3.8, 4) is 0 Å². The molecule has 1 aliphatic carbocycles. The SMILES string of the molecule is C/C(C(=O)Nc1ccc(N2CCN(C)CC2)cc1)=C(\C=C/NC=O)NC1CCC(c2ccccc2)CC1. The van der Waals surface area contributed by atoms with Crippen LogP contribution in [0, 0.1) is 0 Å². The second-order valence-corrected chi connectivity index (χ2v) is 10.1. The van der Waals surface area contributed by atoms with E-state index in [0.29, 0.717) is 17.9 Å². The van der Waals surface area contributed by atoms with E-state index in [-0.39, 0.29) is 11.9 Å². The Morgan fingerprint density at radius 3 is 2.24 bits per heavy atom. The Bertz CT molecular complexity index is 1080. The molecule has 0 spiro atoms. The zero-order chi connectivity index (χ0) is 26.0. The first kappa shape index (κ1) is 26.5. The van der Waals surface area contributed by atoms with Gasteiger partial charge in [-0.15, -0.1) is 0 Å². The minimum Gasteiger partial charge on any atom is -0.382 e. The third kappa shape index (κ3) is 7.46. The van der Waals surface area contributed by atoms with Gasteiger partial charge in [0.25, 0.3) is 5.91 Å². The topological polar surface area (TPSA) is 76.7 Å². The number of carbonyl (C=O) groups is 2. The first-order chi connectivity index (χ1) is 18.0. The van der Waals surface area contributed by atoms with Crippen molar-refractivity contribution in [2.24, 2.45) is 0 Å². The Balaban J connectivity index is 1.38. The number of amides is 2. The molecule has 7 nitrogen and oxygen atoms in total. The van der Waals surface area contributed by atoms with Crippen LogP contribution in [0.5, 0.6) is 0 Å². The minimum atomic E-state index is -0.163. The molecule has 196 valence electrons. The van der Waals surface area contributed by atoms with Crippen LogP contribution in [0.25, 0.3) is 0 Å². The summed E-state index contributed by atoms with van der Waals surface area (Å²) in [6.45, 7) is 5.94. The van der Waals surface area contributed by atoms with Crippen LogP contribution < -0.4 is 20.9 Å². The number of benzene rings is 2. The highest BCUT2D eigenvalue weighted by atomic mass is 16.1. The Hall–Kier alpha value is -3.58. The largest absolute Gasteiger partial charge is 0.382 e. The van der Waals surface area contributed by atoms with Crippen LogP contribution in [-0.4, -0.2) is 56.5 Å².